The van der Waals surface area contributed by atoms with E-state index in [-0.39, 0.29) is 9.79 Å². The number of nitrogens with zero attached hydrogens (tertiary/aromatic N) is 3. The summed E-state index contributed by atoms with van der Waals surface area (Å²) in [6.45, 7) is 5.77. The first-order chi connectivity index (χ1) is 16.5. The Hall–Kier alpha value is -2.48. The van der Waals surface area contributed by atoms with Gasteiger partial charge in [0.05, 0.1) is 24.8 Å². The molecule has 0 spiro atoms. The molecule has 1 amide bonds. The molecule has 0 unspecified atom stereocenters. The number of anilines is 1. The molecule has 3 aromatic heterocycles. The molecule has 0 aliphatic carbocycles. The molecule has 0 atom stereocenters. The number of carbonyl (C=O) groups is 1. The van der Waals surface area contributed by atoms with E-state index in [9.17, 15) is 13.2 Å². The minimum Gasteiger partial charge on any atom is -0.444 e. The number of hydrogen-bond acceptors (Lipinski definition) is 10. The van der Waals surface area contributed by atoms with Crippen molar-refractivity contribution in [3.05, 3.63) is 52.9 Å². The van der Waals surface area contributed by atoms with Crippen LogP contribution in [-0.2, 0) is 21.1 Å². The van der Waals surface area contributed by atoms with Crippen molar-refractivity contribution in [2.75, 3.05) is 11.6 Å². The number of rotatable bonds is 8. The molecule has 0 saturated heterocycles. The molecule has 0 bridgehead atoms. The summed E-state index contributed by atoms with van der Waals surface area (Å²) in [6.07, 6.45) is 7.05. The number of pyridine rings is 2. The molecule has 0 radical (unpaired) electrons. The number of ether oxygens (including phenoxy) is 1. The molecule has 186 valence electrons. The second kappa shape index (κ2) is 11.5. The molecule has 9 nitrogen and oxygen atoms in total. The average Bonchev–Trinajstić information content (AvgIpc) is 3.22. The maximum Gasteiger partial charge on any atom is 0.412 e. The summed E-state index contributed by atoms with van der Waals surface area (Å²) in [4.78, 5) is 24.4. The number of hydrogen-bond donors (Lipinski definition) is 2. The summed E-state index contributed by atoms with van der Waals surface area (Å²) in [5, 5.41) is 6.01. The minimum atomic E-state index is -3.86. The largest absolute Gasteiger partial charge is 0.444 e. The number of halogens is 1. The lowest BCUT2D eigenvalue weighted by molar-refractivity contribution is 0.0565. The third-order valence-corrected chi connectivity index (χ3v) is 9.02. The van der Waals surface area contributed by atoms with Crippen molar-refractivity contribution in [1.82, 2.24) is 15.3 Å². The van der Waals surface area contributed by atoms with Gasteiger partial charge in [-0.2, -0.15) is 0 Å². The highest BCUT2D eigenvalue weighted by atomic mass is 79.9. The third kappa shape index (κ3) is 7.50. The van der Waals surface area contributed by atoms with Crippen molar-refractivity contribution in [3.63, 3.8) is 0 Å². The molecule has 0 aromatic carbocycles. The van der Waals surface area contributed by atoms with Crippen molar-refractivity contribution in [1.29, 1.82) is 0 Å². The molecule has 2 N–H and O–H groups in total. The monoisotopic (exact) mass is 597 g/mol. The Bertz CT molecular complexity index is 1320. The summed E-state index contributed by atoms with van der Waals surface area (Å²) in [5.41, 5.74) is 0.378. The van der Waals surface area contributed by atoms with Gasteiger partial charge in [-0.3, -0.25) is 10.3 Å². The Morgan fingerprint density at radius 3 is 2.63 bits per heavy atom. The van der Waals surface area contributed by atoms with Crippen LogP contribution in [0.25, 0.3) is 0 Å². The highest BCUT2D eigenvalue weighted by Crippen LogP contribution is 2.41. The Kier molecular flexibility index (Phi) is 8.91. The van der Waals surface area contributed by atoms with Crippen molar-refractivity contribution in [2.45, 2.75) is 46.9 Å². The highest BCUT2D eigenvalue weighted by Gasteiger charge is 2.25. The molecule has 0 saturated carbocycles. The topological polar surface area (TPSA) is 123 Å². The molecule has 0 aliphatic rings. The van der Waals surface area contributed by atoms with E-state index in [4.69, 9.17) is 4.74 Å². The maximum atomic E-state index is 13.4. The average molecular weight is 599 g/mol. The SMILES string of the molecule is CSc1sc(/N=C/NC(=O)OC(C)(C)C)cc1S(=O)(=O)c1cnc(NCc2ccncc2)c(Br)c1. The lowest BCUT2D eigenvalue weighted by Crippen LogP contribution is -2.31. The van der Waals surface area contributed by atoms with Gasteiger partial charge < -0.3 is 10.1 Å². The van der Waals surface area contributed by atoms with Gasteiger partial charge in [-0.15, -0.1) is 23.1 Å². The fourth-order valence-electron chi connectivity index (χ4n) is 2.71. The standard InChI is InChI=1S/C22H24BrN5O4S3/c1-22(2,3)32-21(29)28-13-27-18-10-17(20(33-4)34-18)35(30,31)15-9-16(23)19(26-12-15)25-11-14-5-7-24-8-6-14/h5-10,12-13H,11H2,1-4H3,(H,25,26)(H,27,28,29). The van der Waals surface area contributed by atoms with Gasteiger partial charge >= 0.3 is 6.09 Å². The third-order valence-electron chi connectivity index (χ3n) is 4.24. The lowest BCUT2D eigenvalue weighted by Gasteiger charge is -2.18. The fraction of sp³-hybridized carbons (Fsp3) is 0.273. The van der Waals surface area contributed by atoms with Gasteiger partial charge in [0.1, 0.15) is 16.4 Å². The zero-order valence-corrected chi connectivity index (χ0v) is 23.4. The van der Waals surface area contributed by atoms with E-state index in [0.29, 0.717) is 26.0 Å². The maximum absolute atomic E-state index is 13.4. The number of aliphatic imine (C=N–C) groups is 1. The van der Waals surface area contributed by atoms with Crippen LogP contribution in [0.1, 0.15) is 26.3 Å². The van der Waals surface area contributed by atoms with Crippen LogP contribution in [0.5, 0.6) is 0 Å². The summed E-state index contributed by atoms with van der Waals surface area (Å²) in [5.74, 6) is 0.523. The first-order valence-corrected chi connectivity index (χ1v) is 14.5. The van der Waals surface area contributed by atoms with Crippen molar-refractivity contribution >= 4 is 72.1 Å². The lowest BCUT2D eigenvalue weighted by atomic mass is 10.2. The molecular weight excluding hydrogens is 574 g/mol. The number of amides is 1. The Balaban J connectivity index is 1.77. The van der Waals surface area contributed by atoms with Crippen LogP contribution in [0.3, 0.4) is 0 Å². The summed E-state index contributed by atoms with van der Waals surface area (Å²) in [7, 11) is -3.86. The van der Waals surface area contributed by atoms with E-state index in [2.05, 4.69) is 41.5 Å². The van der Waals surface area contributed by atoms with Crippen LogP contribution in [0.4, 0.5) is 15.6 Å². The first-order valence-electron chi connectivity index (χ1n) is 10.2. The molecule has 0 fully saturated rings. The number of carbonyl (C=O) groups excluding carboxylic acids is 1. The summed E-state index contributed by atoms with van der Waals surface area (Å²) < 4.78 is 33.0. The smallest absolute Gasteiger partial charge is 0.412 e. The number of thiophene rings is 1. The van der Waals surface area contributed by atoms with E-state index in [1.807, 2.05) is 12.1 Å². The van der Waals surface area contributed by atoms with Crippen molar-refractivity contribution in [2.24, 2.45) is 4.99 Å². The Morgan fingerprint density at radius 1 is 1.29 bits per heavy atom. The molecule has 3 rings (SSSR count). The summed E-state index contributed by atoms with van der Waals surface area (Å²) in [6, 6.07) is 6.75. The molecule has 3 aromatic rings. The van der Waals surface area contributed by atoms with E-state index in [1.54, 1.807) is 39.4 Å². The highest BCUT2D eigenvalue weighted by molar-refractivity contribution is 9.10. The number of thioether (sulfide) groups is 1. The van der Waals surface area contributed by atoms with Crippen molar-refractivity contribution < 1.29 is 17.9 Å². The number of sulfone groups is 1. The van der Waals surface area contributed by atoms with Crippen LogP contribution >= 0.6 is 39.0 Å². The predicted molar refractivity (Wildman–Crippen MR) is 143 cm³/mol. The van der Waals surface area contributed by atoms with Crippen LogP contribution in [-0.4, -0.2) is 42.7 Å². The van der Waals surface area contributed by atoms with E-state index >= 15 is 0 Å². The van der Waals surface area contributed by atoms with E-state index in [1.165, 1.54) is 47.8 Å². The van der Waals surface area contributed by atoms with Gasteiger partial charge in [0.25, 0.3) is 0 Å². The normalized spacial score (nSPS) is 12.0. The van der Waals surface area contributed by atoms with Crippen LogP contribution < -0.4 is 10.6 Å². The second-order valence-electron chi connectivity index (χ2n) is 8.06. The molecule has 35 heavy (non-hydrogen) atoms. The zero-order chi connectivity index (χ0) is 25.6. The van der Waals surface area contributed by atoms with Crippen molar-refractivity contribution in [3.8, 4) is 0 Å². The molecule has 0 aliphatic heterocycles. The number of alkyl carbamates (subject to hydrolysis) is 1. The fourth-order valence-corrected chi connectivity index (χ4v) is 7.14. The minimum absolute atomic E-state index is 0.0503. The van der Waals surface area contributed by atoms with Crippen LogP contribution in [0, 0.1) is 0 Å². The first kappa shape index (κ1) is 27.1. The van der Waals surface area contributed by atoms with Crippen LogP contribution in [0.2, 0.25) is 0 Å². The van der Waals surface area contributed by atoms with E-state index in [0.717, 1.165) is 5.56 Å². The number of aromatic nitrogens is 2. The Morgan fingerprint density at radius 2 is 2.00 bits per heavy atom. The van der Waals surface area contributed by atoms with Gasteiger partial charge in [-0.05, 0) is 72.8 Å². The molecule has 3 heterocycles. The van der Waals surface area contributed by atoms with Crippen LogP contribution in [0.15, 0.2) is 66.3 Å². The summed E-state index contributed by atoms with van der Waals surface area (Å²) >= 11 is 5.92. The second-order valence-corrected chi connectivity index (χ2v) is 12.9. The van der Waals surface area contributed by atoms with Gasteiger partial charge in [-0.1, -0.05) is 0 Å². The Labute approximate surface area is 220 Å². The predicted octanol–water partition coefficient (Wildman–Crippen LogP) is 5.65. The van der Waals surface area contributed by atoms with Gasteiger partial charge in [0, 0.05) is 25.1 Å². The molecular formula is C22H24BrN5O4S3. The van der Waals surface area contributed by atoms with Gasteiger partial charge in [0.2, 0.25) is 9.84 Å². The van der Waals surface area contributed by atoms with Gasteiger partial charge in [-0.25, -0.2) is 23.2 Å². The zero-order valence-electron chi connectivity index (χ0n) is 19.4. The molecule has 13 heteroatoms. The van der Waals surface area contributed by atoms with Gasteiger partial charge in [0.15, 0.2) is 0 Å². The number of nitrogens with one attached hydrogen (secondary N) is 2. The quantitative estimate of drug-likeness (QED) is 0.194. The van der Waals surface area contributed by atoms with E-state index < -0.39 is 21.5 Å².